The number of nitrogens with one attached hydrogen (secondary N) is 2. The summed E-state index contributed by atoms with van der Waals surface area (Å²) in [6.45, 7) is 0.485. The summed E-state index contributed by atoms with van der Waals surface area (Å²) >= 11 is 0. The highest BCUT2D eigenvalue weighted by atomic mass is 16.5. The Labute approximate surface area is 172 Å². The zero-order valence-electron chi connectivity index (χ0n) is 17.0. The van der Waals surface area contributed by atoms with Gasteiger partial charge in [-0.15, -0.1) is 0 Å². The SMILES string of the molecule is COc1ccc(C(=O)NCCCC(=O)NC2CCC(c3ccccc3)CC2)cc1. The number of carbonyl (C=O) groups excluding carboxylic acids is 2. The Morgan fingerprint density at radius 3 is 2.31 bits per heavy atom. The fourth-order valence-corrected chi connectivity index (χ4v) is 3.89. The van der Waals surface area contributed by atoms with Crippen molar-refractivity contribution >= 4 is 11.8 Å². The van der Waals surface area contributed by atoms with E-state index in [9.17, 15) is 9.59 Å². The van der Waals surface area contributed by atoms with Crippen LogP contribution in [0.4, 0.5) is 0 Å². The maximum Gasteiger partial charge on any atom is 0.251 e. The van der Waals surface area contributed by atoms with Gasteiger partial charge in [-0.05, 0) is 67.9 Å². The van der Waals surface area contributed by atoms with E-state index < -0.39 is 0 Å². The van der Waals surface area contributed by atoms with Crippen molar-refractivity contribution in [3.8, 4) is 5.75 Å². The van der Waals surface area contributed by atoms with Crippen molar-refractivity contribution in [2.75, 3.05) is 13.7 Å². The van der Waals surface area contributed by atoms with Crippen LogP contribution in [0.3, 0.4) is 0 Å². The number of ether oxygens (including phenoxy) is 1. The molecule has 2 aromatic rings. The molecule has 2 aromatic carbocycles. The number of methoxy groups -OCH3 is 1. The first-order chi connectivity index (χ1) is 14.2. The van der Waals surface area contributed by atoms with E-state index in [1.807, 2.05) is 0 Å². The maximum atomic E-state index is 12.2. The predicted octanol–water partition coefficient (Wildman–Crippen LogP) is 4.05. The van der Waals surface area contributed by atoms with Gasteiger partial charge in [-0.1, -0.05) is 30.3 Å². The minimum Gasteiger partial charge on any atom is -0.497 e. The molecule has 0 spiro atoms. The summed E-state index contributed by atoms with van der Waals surface area (Å²) in [7, 11) is 1.59. The lowest BCUT2D eigenvalue weighted by molar-refractivity contribution is -0.122. The molecule has 0 atom stereocenters. The molecule has 0 bridgehead atoms. The molecule has 2 N–H and O–H groups in total. The largest absolute Gasteiger partial charge is 0.497 e. The molecular weight excluding hydrogens is 364 g/mol. The molecule has 0 aliphatic heterocycles. The second kappa shape index (κ2) is 10.6. The number of amides is 2. The van der Waals surface area contributed by atoms with E-state index in [0.717, 1.165) is 31.4 Å². The van der Waals surface area contributed by atoms with Crippen molar-refractivity contribution in [2.45, 2.75) is 50.5 Å². The number of hydrogen-bond donors (Lipinski definition) is 2. The molecule has 1 saturated carbocycles. The highest BCUT2D eigenvalue weighted by molar-refractivity contribution is 5.94. The Kier molecular flexibility index (Phi) is 7.68. The van der Waals surface area contributed by atoms with Crippen LogP contribution in [-0.2, 0) is 4.79 Å². The smallest absolute Gasteiger partial charge is 0.251 e. The molecule has 0 aromatic heterocycles. The molecule has 0 saturated heterocycles. The van der Waals surface area contributed by atoms with Gasteiger partial charge in [0, 0.05) is 24.6 Å². The van der Waals surface area contributed by atoms with E-state index in [4.69, 9.17) is 4.74 Å². The van der Waals surface area contributed by atoms with E-state index in [2.05, 4.69) is 41.0 Å². The van der Waals surface area contributed by atoms with Crippen molar-refractivity contribution in [2.24, 2.45) is 0 Å². The summed E-state index contributed by atoms with van der Waals surface area (Å²) in [5, 5.41) is 6.02. The molecule has 0 heterocycles. The van der Waals surface area contributed by atoms with Crippen molar-refractivity contribution in [3.63, 3.8) is 0 Å². The fourth-order valence-electron chi connectivity index (χ4n) is 3.89. The number of carbonyl (C=O) groups is 2. The van der Waals surface area contributed by atoms with Crippen molar-refractivity contribution in [1.82, 2.24) is 10.6 Å². The van der Waals surface area contributed by atoms with E-state index in [1.54, 1.807) is 31.4 Å². The fraction of sp³-hybridized carbons (Fsp3) is 0.417. The molecule has 3 rings (SSSR count). The standard InChI is InChI=1S/C24H30N2O3/c1-29-22-15-11-20(12-16-22)24(28)25-17-5-8-23(27)26-21-13-9-19(10-14-21)18-6-3-2-4-7-18/h2-4,6-7,11-12,15-16,19,21H,5,8-10,13-14,17H2,1H3,(H,25,28)(H,26,27). The summed E-state index contributed by atoms with van der Waals surface area (Å²) < 4.78 is 5.09. The lowest BCUT2D eigenvalue weighted by Crippen LogP contribution is -2.37. The second-order valence-electron chi connectivity index (χ2n) is 7.61. The van der Waals surface area contributed by atoms with Gasteiger partial charge in [-0.3, -0.25) is 9.59 Å². The third-order valence-corrected chi connectivity index (χ3v) is 5.58. The maximum absolute atomic E-state index is 12.2. The van der Waals surface area contributed by atoms with Crippen LogP contribution < -0.4 is 15.4 Å². The van der Waals surface area contributed by atoms with Crippen LogP contribution in [0.25, 0.3) is 0 Å². The van der Waals surface area contributed by atoms with Gasteiger partial charge in [0.15, 0.2) is 0 Å². The molecular formula is C24H30N2O3. The van der Waals surface area contributed by atoms with Gasteiger partial charge in [0.2, 0.25) is 5.91 Å². The van der Waals surface area contributed by atoms with Crippen LogP contribution in [0, 0.1) is 0 Å². The lowest BCUT2D eigenvalue weighted by Gasteiger charge is -2.29. The Morgan fingerprint density at radius 1 is 0.966 bits per heavy atom. The van der Waals surface area contributed by atoms with Crippen molar-refractivity contribution < 1.29 is 14.3 Å². The summed E-state index contributed by atoms with van der Waals surface area (Å²) in [5.74, 6) is 1.27. The monoisotopic (exact) mass is 394 g/mol. The van der Waals surface area contributed by atoms with E-state index >= 15 is 0 Å². The normalized spacial score (nSPS) is 18.7. The first kappa shape index (κ1) is 20.9. The number of benzene rings is 2. The molecule has 29 heavy (non-hydrogen) atoms. The second-order valence-corrected chi connectivity index (χ2v) is 7.61. The van der Waals surface area contributed by atoms with Crippen LogP contribution >= 0.6 is 0 Å². The van der Waals surface area contributed by atoms with E-state index in [1.165, 1.54) is 5.56 Å². The molecule has 1 fully saturated rings. The van der Waals surface area contributed by atoms with Crippen molar-refractivity contribution in [3.05, 3.63) is 65.7 Å². The molecule has 0 radical (unpaired) electrons. The Bertz CT molecular complexity index is 782. The minimum atomic E-state index is -0.132. The van der Waals surface area contributed by atoms with Gasteiger partial charge in [0.25, 0.3) is 5.91 Å². The average Bonchev–Trinajstić information content (AvgIpc) is 2.78. The third-order valence-electron chi connectivity index (χ3n) is 5.58. The molecule has 5 nitrogen and oxygen atoms in total. The van der Waals surface area contributed by atoms with Crippen molar-refractivity contribution in [1.29, 1.82) is 0 Å². The third kappa shape index (κ3) is 6.34. The minimum absolute atomic E-state index is 0.0758. The first-order valence-corrected chi connectivity index (χ1v) is 10.4. The van der Waals surface area contributed by atoms with Gasteiger partial charge < -0.3 is 15.4 Å². The van der Waals surface area contributed by atoms with Crippen LogP contribution in [-0.4, -0.2) is 31.5 Å². The zero-order valence-corrected chi connectivity index (χ0v) is 17.0. The first-order valence-electron chi connectivity index (χ1n) is 10.4. The molecule has 1 aliphatic carbocycles. The van der Waals surface area contributed by atoms with E-state index in [-0.39, 0.29) is 17.9 Å². The van der Waals surface area contributed by atoms with Crippen LogP contribution in [0.15, 0.2) is 54.6 Å². The Morgan fingerprint density at radius 2 is 1.66 bits per heavy atom. The van der Waals surface area contributed by atoms with Crippen LogP contribution in [0.5, 0.6) is 5.75 Å². The molecule has 154 valence electrons. The summed E-state index contributed by atoms with van der Waals surface area (Å²) in [5.41, 5.74) is 2.00. The van der Waals surface area contributed by atoms with Gasteiger partial charge in [-0.25, -0.2) is 0 Å². The number of rotatable bonds is 8. The molecule has 1 aliphatic rings. The Hall–Kier alpha value is -2.82. The summed E-state index contributed by atoms with van der Waals surface area (Å²) in [6.07, 6.45) is 5.35. The topological polar surface area (TPSA) is 67.4 Å². The average molecular weight is 395 g/mol. The van der Waals surface area contributed by atoms with Crippen LogP contribution in [0.2, 0.25) is 0 Å². The van der Waals surface area contributed by atoms with Gasteiger partial charge in [0.05, 0.1) is 7.11 Å². The molecule has 5 heteroatoms. The summed E-state index contributed by atoms with van der Waals surface area (Å²) in [6, 6.07) is 17.9. The number of hydrogen-bond acceptors (Lipinski definition) is 3. The van der Waals surface area contributed by atoms with Gasteiger partial charge >= 0.3 is 0 Å². The van der Waals surface area contributed by atoms with Crippen LogP contribution in [0.1, 0.15) is 60.4 Å². The summed E-state index contributed by atoms with van der Waals surface area (Å²) in [4.78, 5) is 24.3. The predicted molar refractivity (Wildman–Crippen MR) is 114 cm³/mol. The Balaban J connectivity index is 1.30. The highest BCUT2D eigenvalue weighted by Crippen LogP contribution is 2.32. The lowest BCUT2D eigenvalue weighted by atomic mass is 9.82. The van der Waals surface area contributed by atoms with Gasteiger partial charge in [0.1, 0.15) is 5.75 Å². The van der Waals surface area contributed by atoms with E-state index in [0.29, 0.717) is 30.9 Å². The van der Waals surface area contributed by atoms with Gasteiger partial charge in [-0.2, -0.15) is 0 Å². The quantitative estimate of drug-likeness (QED) is 0.664. The molecule has 2 amide bonds. The zero-order chi connectivity index (χ0) is 20.5. The molecule has 0 unspecified atom stereocenters. The highest BCUT2D eigenvalue weighted by Gasteiger charge is 2.23.